The van der Waals surface area contributed by atoms with Gasteiger partial charge < -0.3 is 14.5 Å². The lowest BCUT2D eigenvalue weighted by atomic mass is 9.66. The van der Waals surface area contributed by atoms with Crippen LogP contribution in [-0.4, -0.2) is 71.9 Å². The number of likely N-dealkylation sites (N-methyl/N-ethyl adjacent to an activating group) is 1. The van der Waals surface area contributed by atoms with E-state index in [4.69, 9.17) is 16.3 Å². The van der Waals surface area contributed by atoms with E-state index < -0.39 is 41.6 Å². The van der Waals surface area contributed by atoms with E-state index in [1.807, 2.05) is 157 Å². The molecule has 69 heavy (non-hydrogen) atoms. The third-order valence-electron chi connectivity index (χ3n) is 14.3. The molecular weight excluding hydrogens is 880 g/mol. The molecule has 0 bridgehead atoms. The standard InChI is InChI=1S/C60H61ClN2O6/c1-41-29-31-46(32-30-41)60(45-21-9-5-10-22-45,53-27-15-16-28-54(53)61)39-47(64)37-44(38-57(66)69-40-52-50-25-13-11-23-48(50)49-24-12-14-26-51(49)52)59(68)62(3)55(36-43-19-7-4-8-20-43)56(65)35-42(2)58(67)63-33-17-6-18-34-63/h4-5,7-16,19-32,42,44,52,55H,6,17-18,33-40H2,1-3H3/t42-,44-,55+,60?/m1/s1. The quantitative estimate of drug-likeness (QED) is 0.0592. The minimum Gasteiger partial charge on any atom is -0.465 e. The highest BCUT2D eigenvalue weighted by atomic mass is 35.5. The number of halogens is 1. The van der Waals surface area contributed by atoms with E-state index in [9.17, 15) is 14.4 Å². The molecule has 0 N–H and O–H groups in total. The van der Waals surface area contributed by atoms with Crippen molar-refractivity contribution in [2.45, 2.75) is 82.6 Å². The summed E-state index contributed by atoms with van der Waals surface area (Å²) in [4.78, 5) is 76.2. The molecule has 0 aromatic heterocycles. The summed E-state index contributed by atoms with van der Waals surface area (Å²) in [6.07, 6.45) is 2.28. The predicted molar refractivity (Wildman–Crippen MR) is 272 cm³/mol. The number of aryl methyl sites for hydroxylation is 1. The highest BCUT2D eigenvalue weighted by Crippen LogP contribution is 2.47. The number of ether oxygens (including phenoxy) is 1. The lowest BCUT2D eigenvalue weighted by Crippen LogP contribution is -2.48. The molecule has 4 atom stereocenters. The van der Waals surface area contributed by atoms with Crippen molar-refractivity contribution in [2.75, 3.05) is 26.7 Å². The molecule has 0 saturated carbocycles. The average Bonchev–Trinajstić information content (AvgIpc) is 3.70. The molecule has 1 aliphatic carbocycles. The van der Waals surface area contributed by atoms with Gasteiger partial charge in [0.05, 0.1) is 23.8 Å². The van der Waals surface area contributed by atoms with Gasteiger partial charge in [-0.25, -0.2) is 0 Å². The van der Waals surface area contributed by atoms with Crippen molar-refractivity contribution in [3.05, 3.63) is 202 Å². The second-order valence-electron chi connectivity index (χ2n) is 19.0. The van der Waals surface area contributed by atoms with Crippen LogP contribution in [0.15, 0.2) is 158 Å². The number of hydrogen-bond donors (Lipinski definition) is 0. The zero-order valence-corrected chi connectivity index (χ0v) is 40.6. The third kappa shape index (κ3) is 11.0. The Morgan fingerprint density at radius 1 is 0.681 bits per heavy atom. The van der Waals surface area contributed by atoms with Crippen molar-refractivity contribution in [2.24, 2.45) is 11.8 Å². The molecule has 8 nitrogen and oxygen atoms in total. The second-order valence-corrected chi connectivity index (χ2v) is 19.4. The minimum atomic E-state index is -1.19. The lowest BCUT2D eigenvalue weighted by Gasteiger charge is -2.37. The van der Waals surface area contributed by atoms with Gasteiger partial charge in [-0.15, -0.1) is 0 Å². The second kappa shape index (κ2) is 22.2. The first-order valence-electron chi connectivity index (χ1n) is 24.3. The molecule has 6 aromatic carbocycles. The molecule has 0 spiro atoms. The maximum absolute atomic E-state index is 15.3. The molecule has 2 amide bonds. The van der Waals surface area contributed by atoms with E-state index in [0.29, 0.717) is 18.1 Å². The van der Waals surface area contributed by atoms with Crippen LogP contribution in [0.4, 0.5) is 0 Å². The summed E-state index contributed by atoms with van der Waals surface area (Å²) < 4.78 is 6.11. The van der Waals surface area contributed by atoms with E-state index in [1.165, 1.54) is 4.90 Å². The van der Waals surface area contributed by atoms with Crippen LogP contribution in [0.5, 0.6) is 0 Å². The number of amides is 2. The van der Waals surface area contributed by atoms with Crippen LogP contribution in [0.1, 0.15) is 96.7 Å². The number of likely N-dealkylation sites (tertiary alicyclic amines) is 1. The number of benzene rings is 6. The summed E-state index contributed by atoms with van der Waals surface area (Å²) in [5.41, 5.74) is 7.51. The van der Waals surface area contributed by atoms with Gasteiger partial charge >= 0.3 is 5.97 Å². The predicted octanol–water partition coefficient (Wildman–Crippen LogP) is 11.4. The van der Waals surface area contributed by atoms with Crippen LogP contribution in [0.3, 0.4) is 0 Å². The van der Waals surface area contributed by atoms with Gasteiger partial charge in [0.25, 0.3) is 0 Å². The summed E-state index contributed by atoms with van der Waals surface area (Å²) >= 11 is 7.08. The fraction of sp³-hybridized carbons (Fsp3) is 0.317. The minimum absolute atomic E-state index is 0.0483. The average molecular weight is 942 g/mol. The first-order valence-corrected chi connectivity index (χ1v) is 24.7. The fourth-order valence-corrected chi connectivity index (χ4v) is 10.9. The highest BCUT2D eigenvalue weighted by Gasteiger charge is 2.42. The number of rotatable bonds is 19. The molecule has 1 heterocycles. The molecule has 8 rings (SSSR count). The molecule has 9 heteroatoms. The van der Waals surface area contributed by atoms with Crippen molar-refractivity contribution < 1.29 is 28.7 Å². The number of hydrogen-bond acceptors (Lipinski definition) is 6. The Labute approximate surface area is 411 Å². The molecule has 0 radical (unpaired) electrons. The first kappa shape index (κ1) is 48.8. The van der Waals surface area contributed by atoms with Gasteiger partial charge in [0.15, 0.2) is 5.78 Å². The lowest BCUT2D eigenvalue weighted by molar-refractivity contribution is -0.151. The molecule has 6 aromatic rings. The number of esters is 1. The number of carbonyl (C=O) groups excluding carboxylic acids is 5. The Kier molecular flexibility index (Phi) is 15.7. The van der Waals surface area contributed by atoms with Gasteiger partial charge in [0.1, 0.15) is 12.4 Å². The zero-order valence-electron chi connectivity index (χ0n) is 39.8. The van der Waals surface area contributed by atoms with Crippen LogP contribution in [0, 0.1) is 18.8 Å². The zero-order chi connectivity index (χ0) is 48.5. The van der Waals surface area contributed by atoms with Gasteiger partial charge in [0.2, 0.25) is 11.8 Å². The summed E-state index contributed by atoms with van der Waals surface area (Å²) in [7, 11) is 1.57. The topological polar surface area (TPSA) is 101 Å². The van der Waals surface area contributed by atoms with Crippen LogP contribution in [0.2, 0.25) is 5.02 Å². The summed E-state index contributed by atoms with van der Waals surface area (Å²) in [5.74, 6) is -3.74. The normalized spacial score (nSPS) is 15.4. The van der Waals surface area contributed by atoms with E-state index in [-0.39, 0.29) is 55.7 Å². The molecule has 1 aliphatic heterocycles. The Bertz CT molecular complexity index is 2720. The Morgan fingerprint density at radius 3 is 1.88 bits per heavy atom. The SMILES string of the molecule is Cc1ccc(C(CC(=O)C[C@H](CC(=O)OCC2c3ccccc3-c3ccccc32)C(=O)N(C)[C@@H](Cc2ccccc2)C(=O)C[C@@H](C)C(=O)N2CCCCC2)(c2ccccc2)c2ccccc2Cl)cc1. The number of Topliss-reactive ketones (excluding diaryl/α,β-unsaturated/α-hetero) is 2. The highest BCUT2D eigenvalue weighted by molar-refractivity contribution is 6.31. The van der Waals surface area contributed by atoms with Crippen molar-refractivity contribution in [3.63, 3.8) is 0 Å². The summed E-state index contributed by atoms with van der Waals surface area (Å²) in [6.45, 7) is 5.17. The van der Waals surface area contributed by atoms with Crippen LogP contribution in [0.25, 0.3) is 11.1 Å². The Morgan fingerprint density at radius 2 is 1.25 bits per heavy atom. The number of carbonyl (C=O) groups is 5. The van der Waals surface area contributed by atoms with Crippen molar-refractivity contribution in [1.82, 2.24) is 9.80 Å². The molecule has 1 unspecified atom stereocenters. The number of ketones is 2. The van der Waals surface area contributed by atoms with Crippen LogP contribution >= 0.6 is 11.6 Å². The number of fused-ring (bicyclic) bond motifs is 3. The molecule has 2 aliphatic rings. The van der Waals surface area contributed by atoms with Gasteiger partial charge in [0, 0.05) is 56.3 Å². The summed E-state index contributed by atoms with van der Waals surface area (Å²) in [6, 6.07) is 50.0. The number of piperidine rings is 1. The molecule has 1 fully saturated rings. The molecule has 1 saturated heterocycles. The largest absolute Gasteiger partial charge is 0.465 e. The van der Waals surface area contributed by atoms with Gasteiger partial charge in [-0.3, -0.25) is 24.0 Å². The van der Waals surface area contributed by atoms with E-state index >= 15 is 9.59 Å². The van der Waals surface area contributed by atoms with E-state index in [2.05, 4.69) is 12.1 Å². The van der Waals surface area contributed by atoms with Crippen LogP contribution < -0.4 is 0 Å². The van der Waals surface area contributed by atoms with Crippen molar-refractivity contribution in [1.29, 1.82) is 0 Å². The maximum atomic E-state index is 15.3. The first-order chi connectivity index (χ1) is 33.4. The van der Waals surface area contributed by atoms with E-state index in [1.54, 1.807) is 14.0 Å². The maximum Gasteiger partial charge on any atom is 0.306 e. The number of nitrogens with zero attached hydrogens (tertiary/aromatic N) is 2. The molecular formula is C60H61ClN2O6. The van der Waals surface area contributed by atoms with E-state index in [0.717, 1.165) is 69.3 Å². The van der Waals surface area contributed by atoms with Crippen LogP contribution in [-0.2, 0) is 40.5 Å². The molecule has 354 valence electrons. The van der Waals surface area contributed by atoms with Gasteiger partial charge in [-0.1, -0.05) is 176 Å². The summed E-state index contributed by atoms with van der Waals surface area (Å²) in [5, 5.41) is 0.482. The third-order valence-corrected chi connectivity index (χ3v) is 14.6. The Balaban J connectivity index is 1.12. The Hall–Kier alpha value is -6.64. The van der Waals surface area contributed by atoms with Crippen molar-refractivity contribution in [3.8, 4) is 11.1 Å². The van der Waals surface area contributed by atoms with Gasteiger partial charge in [-0.05, 0) is 83.2 Å². The van der Waals surface area contributed by atoms with Crippen molar-refractivity contribution >= 4 is 41.0 Å². The monoisotopic (exact) mass is 940 g/mol. The fourth-order valence-electron chi connectivity index (χ4n) is 10.6. The van der Waals surface area contributed by atoms with Gasteiger partial charge in [-0.2, -0.15) is 0 Å². The smallest absolute Gasteiger partial charge is 0.306 e.